The van der Waals surface area contributed by atoms with Crippen molar-refractivity contribution in [2.45, 2.75) is 6.42 Å². The summed E-state index contributed by atoms with van der Waals surface area (Å²) in [5.41, 5.74) is 4.06. The number of nitrogens with one attached hydrogen (secondary N) is 1. The Bertz CT molecular complexity index is 1240. The summed E-state index contributed by atoms with van der Waals surface area (Å²) >= 11 is 0. The zero-order valence-corrected chi connectivity index (χ0v) is 15.1. The number of benzene rings is 2. The summed E-state index contributed by atoms with van der Waals surface area (Å²) in [4.78, 5) is 20.9. The van der Waals surface area contributed by atoms with Crippen LogP contribution >= 0.6 is 0 Å². The van der Waals surface area contributed by atoms with E-state index in [1.807, 2.05) is 6.07 Å². The highest BCUT2D eigenvalue weighted by atomic mass is 19.1. The average molecular weight is 380 g/mol. The van der Waals surface area contributed by atoms with Crippen molar-refractivity contribution in [2.75, 3.05) is 5.32 Å². The number of hydrogen-bond acceptors (Lipinski definition) is 4. The molecule has 1 aromatic heterocycles. The van der Waals surface area contributed by atoms with Crippen LogP contribution in [0.3, 0.4) is 0 Å². The molecule has 2 aromatic carbocycles. The number of aromatic nitrogens is 1. The first-order valence-corrected chi connectivity index (χ1v) is 8.76. The summed E-state index contributed by atoms with van der Waals surface area (Å²) in [5.74, 6) is 5.45. The van der Waals surface area contributed by atoms with E-state index < -0.39 is 0 Å². The average Bonchev–Trinajstić information content (AvgIpc) is 2.91. The van der Waals surface area contributed by atoms with E-state index in [2.05, 4.69) is 27.1 Å². The van der Waals surface area contributed by atoms with E-state index in [1.165, 1.54) is 18.3 Å². The molecule has 0 fully saturated rings. The number of fused-ring (bicyclic) bond motifs is 1. The molecule has 1 aliphatic rings. The summed E-state index contributed by atoms with van der Waals surface area (Å²) in [6, 6.07) is 16.6. The molecule has 1 aliphatic heterocycles. The maximum atomic E-state index is 13.0. The van der Waals surface area contributed by atoms with Gasteiger partial charge in [-0.25, -0.2) is 9.37 Å². The third-order valence-corrected chi connectivity index (χ3v) is 4.26. The molecule has 2 heterocycles. The normalized spacial score (nSPS) is 12.4. The smallest absolute Gasteiger partial charge is 0.230 e. The maximum absolute atomic E-state index is 13.0. The SMILES string of the molecule is N#Cc1cc(C2=Nc3ccc(C#Cc4ccc(F)cc4)cc3NC(=O)C2)ccn1. The van der Waals surface area contributed by atoms with Crippen molar-refractivity contribution < 1.29 is 9.18 Å². The van der Waals surface area contributed by atoms with Crippen molar-refractivity contribution in [3.63, 3.8) is 0 Å². The van der Waals surface area contributed by atoms with Crippen LogP contribution in [0.2, 0.25) is 0 Å². The van der Waals surface area contributed by atoms with Crippen molar-refractivity contribution in [1.29, 1.82) is 5.26 Å². The standard InChI is InChI=1S/C23H13FN4O/c24-18-6-3-15(4-7-18)1-2-16-5-8-20-22(11-16)28-23(29)13-21(27-20)17-9-10-26-19(12-17)14-25/h3-12H,13H2,(H,28,29). The number of halogens is 1. The van der Waals surface area contributed by atoms with E-state index in [1.54, 1.807) is 42.5 Å². The lowest BCUT2D eigenvalue weighted by molar-refractivity contribution is -0.115. The molecule has 6 heteroatoms. The highest BCUT2D eigenvalue weighted by Crippen LogP contribution is 2.30. The number of hydrogen-bond donors (Lipinski definition) is 1. The third kappa shape index (κ3) is 4.18. The van der Waals surface area contributed by atoms with Gasteiger partial charge < -0.3 is 5.32 Å². The molecule has 5 nitrogen and oxygen atoms in total. The number of carbonyl (C=O) groups is 1. The number of nitriles is 1. The lowest BCUT2D eigenvalue weighted by Gasteiger charge is -2.04. The van der Waals surface area contributed by atoms with Crippen LogP contribution in [0, 0.1) is 29.0 Å². The summed E-state index contributed by atoms with van der Waals surface area (Å²) in [5, 5.41) is 11.9. The predicted octanol–water partition coefficient (Wildman–Crippen LogP) is 3.96. The molecular weight excluding hydrogens is 367 g/mol. The molecule has 0 saturated heterocycles. The maximum Gasteiger partial charge on any atom is 0.230 e. The van der Waals surface area contributed by atoms with Gasteiger partial charge in [-0.2, -0.15) is 5.26 Å². The largest absolute Gasteiger partial charge is 0.324 e. The van der Waals surface area contributed by atoms with Crippen LogP contribution in [0.15, 0.2) is 65.8 Å². The van der Waals surface area contributed by atoms with E-state index in [9.17, 15) is 9.18 Å². The van der Waals surface area contributed by atoms with E-state index in [-0.39, 0.29) is 23.8 Å². The van der Waals surface area contributed by atoms with Gasteiger partial charge in [-0.3, -0.25) is 9.79 Å². The second kappa shape index (κ2) is 7.75. The Morgan fingerprint density at radius 2 is 1.76 bits per heavy atom. The molecule has 0 radical (unpaired) electrons. The minimum absolute atomic E-state index is 0.0835. The Morgan fingerprint density at radius 3 is 2.55 bits per heavy atom. The van der Waals surface area contributed by atoms with Crippen molar-refractivity contribution in [2.24, 2.45) is 4.99 Å². The molecule has 0 bridgehead atoms. The van der Waals surface area contributed by atoms with Crippen LogP contribution in [-0.4, -0.2) is 16.6 Å². The Morgan fingerprint density at radius 1 is 1.00 bits per heavy atom. The van der Waals surface area contributed by atoms with Gasteiger partial charge in [0.2, 0.25) is 5.91 Å². The first-order valence-electron chi connectivity index (χ1n) is 8.76. The molecule has 29 heavy (non-hydrogen) atoms. The Kier molecular flexibility index (Phi) is 4.84. The van der Waals surface area contributed by atoms with Gasteiger partial charge in [-0.05, 0) is 54.6 Å². The van der Waals surface area contributed by atoms with Crippen LogP contribution in [0.1, 0.15) is 28.8 Å². The summed E-state index contributed by atoms with van der Waals surface area (Å²) in [6.07, 6.45) is 1.61. The van der Waals surface area contributed by atoms with E-state index in [0.717, 1.165) is 0 Å². The molecule has 0 atom stereocenters. The minimum atomic E-state index is -0.312. The molecule has 0 spiro atoms. The zero-order valence-electron chi connectivity index (χ0n) is 15.1. The second-order valence-corrected chi connectivity index (χ2v) is 6.31. The Balaban J connectivity index is 1.68. The number of amides is 1. The molecule has 3 aromatic rings. The third-order valence-electron chi connectivity index (χ3n) is 4.26. The first-order chi connectivity index (χ1) is 14.1. The van der Waals surface area contributed by atoms with Gasteiger partial charge in [0.1, 0.15) is 17.6 Å². The van der Waals surface area contributed by atoms with Gasteiger partial charge in [-0.1, -0.05) is 11.8 Å². The topological polar surface area (TPSA) is 78.1 Å². The number of carbonyl (C=O) groups excluding carboxylic acids is 1. The van der Waals surface area contributed by atoms with Crippen molar-refractivity contribution in [3.05, 3.63) is 89.0 Å². The number of nitrogens with zero attached hydrogens (tertiary/aromatic N) is 3. The van der Waals surface area contributed by atoms with E-state index >= 15 is 0 Å². The highest BCUT2D eigenvalue weighted by molar-refractivity contribution is 6.17. The second-order valence-electron chi connectivity index (χ2n) is 6.31. The first kappa shape index (κ1) is 18.1. The van der Waals surface area contributed by atoms with Crippen LogP contribution in [0.25, 0.3) is 0 Å². The number of aliphatic imine (C=N–C) groups is 1. The van der Waals surface area contributed by atoms with Crippen LogP contribution < -0.4 is 5.32 Å². The number of rotatable bonds is 1. The fourth-order valence-electron chi connectivity index (χ4n) is 2.86. The minimum Gasteiger partial charge on any atom is -0.324 e. The van der Waals surface area contributed by atoms with Crippen LogP contribution in [0.4, 0.5) is 15.8 Å². The molecular formula is C23H13FN4O. The number of pyridine rings is 1. The lowest BCUT2D eigenvalue weighted by Crippen LogP contribution is -2.15. The monoisotopic (exact) mass is 380 g/mol. The number of anilines is 1. The van der Waals surface area contributed by atoms with Crippen LogP contribution in [-0.2, 0) is 4.79 Å². The summed E-state index contributed by atoms with van der Waals surface area (Å²) in [7, 11) is 0. The fraction of sp³-hybridized carbons (Fsp3) is 0.0435. The van der Waals surface area contributed by atoms with Crippen molar-refractivity contribution >= 4 is 23.0 Å². The van der Waals surface area contributed by atoms with E-state index in [4.69, 9.17) is 5.26 Å². The molecule has 4 rings (SSSR count). The Labute approximate surface area is 166 Å². The quantitative estimate of drug-likeness (QED) is 0.649. The van der Waals surface area contributed by atoms with Crippen molar-refractivity contribution in [3.8, 4) is 17.9 Å². The molecule has 1 N–H and O–H groups in total. The van der Waals surface area contributed by atoms with Gasteiger partial charge in [0.25, 0.3) is 0 Å². The molecule has 138 valence electrons. The molecule has 1 amide bonds. The van der Waals surface area contributed by atoms with Gasteiger partial charge >= 0.3 is 0 Å². The molecule has 0 unspecified atom stereocenters. The zero-order chi connectivity index (χ0) is 20.2. The van der Waals surface area contributed by atoms with Crippen LogP contribution in [0.5, 0.6) is 0 Å². The molecule has 0 saturated carbocycles. The lowest BCUT2D eigenvalue weighted by atomic mass is 10.1. The molecule has 0 aliphatic carbocycles. The van der Waals surface area contributed by atoms with Crippen molar-refractivity contribution in [1.82, 2.24) is 4.98 Å². The summed E-state index contributed by atoms with van der Waals surface area (Å²) < 4.78 is 13.0. The van der Waals surface area contributed by atoms with Gasteiger partial charge in [-0.15, -0.1) is 0 Å². The van der Waals surface area contributed by atoms with Gasteiger partial charge in [0.15, 0.2) is 0 Å². The van der Waals surface area contributed by atoms with Gasteiger partial charge in [0, 0.05) is 22.9 Å². The summed E-state index contributed by atoms with van der Waals surface area (Å²) in [6.45, 7) is 0. The Hall–Kier alpha value is -4.29. The highest BCUT2D eigenvalue weighted by Gasteiger charge is 2.17. The van der Waals surface area contributed by atoms with E-state index in [0.29, 0.717) is 33.8 Å². The predicted molar refractivity (Wildman–Crippen MR) is 107 cm³/mol. The fourth-order valence-corrected chi connectivity index (χ4v) is 2.86. The van der Waals surface area contributed by atoms with Gasteiger partial charge in [0.05, 0.1) is 23.5 Å².